The molecule has 1 heterocycles. The third-order valence-corrected chi connectivity index (χ3v) is 3.63. The van der Waals surface area contributed by atoms with E-state index in [1.807, 2.05) is 13.0 Å². The highest BCUT2D eigenvalue weighted by Crippen LogP contribution is 2.29. The molecular weight excluding hydrogens is 225 g/mol. The molecule has 0 aliphatic rings. The zero-order chi connectivity index (χ0) is 11.5. The van der Waals surface area contributed by atoms with E-state index in [4.69, 9.17) is 5.11 Å². The summed E-state index contributed by atoms with van der Waals surface area (Å²) in [7, 11) is 0. The number of benzene rings is 1. The molecule has 0 amide bonds. The molecule has 2 rings (SSSR count). The van der Waals surface area contributed by atoms with Crippen molar-refractivity contribution >= 4 is 11.3 Å². The maximum absolute atomic E-state index is 13.0. The number of aromatic nitrogens is 1. The van der Waals surface area contributed by atoms with Crippen molar-refractivity contribution in [2.45, 2.75) is 12.8 Å². The Balaban J connectivity index is 2.31. The molecule has 16 heavy (non-hydrogen) atoms. The molecule has 0 aliphatic heterocycles. The van der Waals surface area contributed by atoms with E-state index in [2.05, 4.69) is 4.98 Å². The molecule has 1 atom stereocenters. The van der Waals surface area contributed by atoms with E-state index in [0.717, 1.165) is 15.4 Å². The Morgan fingerprint density at radius 2 is 2.31 bits per heavy atom. The number of halogens is 1. The van der Waals surface area contributed by atoms with Crippen LogP contribution in [0.25, 0.3) is 10.6 Å². The van der Waals surface area contributed by atoms with Gasteiger partial charge in [0.25, 0.3) is 0 Å². The first kappa shape index (κ1) is 11.2. The van der Waals surface area contributed by atoms with Gasteiger partial charge in [0.05, 0.1) is 6.61 Å². The highest BCUT2D eigenvalue weighted by Gasteiger charge is 2.10. The lowest BCUT2D eigenvalue weighted by Crippen LogP contribution is -1.94. The van der Waals surface area contributed by atoms with Crippen LogP contribution in [0, 0.1) is 5.82 Å². The van der Waals surface area contributed by atoms with Gasteiger partial charge < -0.3 is 5.11 Å². The summed E-state index contributed by atoms with van der Waals surface area (Å²) in [6.07, 6.45) is 1.74. The zero-order valence-corrected chi connectivity index (χ0v) is 9.67. The van der Waals surface area contributed by atoms with Gasteiger partial charge in [0.1, 0.15) is 10.8 Å². The number of nitrogens with zero attached hydrogens (tertiary/aromatic N) is 1. The van der Waals surface area contributed by atoms with Gasteiger partial charge in [-0.15, -0.1) is 11.3 Å². The molecule has 0 bridgehead atoms. The molecule has 2 nitrogen and oxygen atoms in total. The molecule has 0 saturated heterocycles. The second-order valence-electron chi connectivity index (χ2n) is 3.66. The SMILES string of the molecule is CC(CO)c1cnc(-c2cccc(F)c2)s1. The van der Waals surface area contributed by atoms with Gasteiger partial charge in [-0.1, -0.05) is 19.1 Å². The predicted octanol–water partition coefficient (Wildman–Crippen LogP) is 3.05. The van der Waals surface area contributed by atoms with Gasteiger partial charge in [0, 0.05) is 22.6 Å². The highest BCUT2D eigenvalue weighted by molar-refractivity contribution is 7.15. The fourth-order valence-corrected chi connectivity index (χ4v) is 2.31. The Kier molecular flexibility index (Phi) is 3.31. The topological polar surface area (TPSA) is 33.1 Å². The van der Waals surface area contributed by atoms with Gasteiger partial charge in [0.2, 0.25) is 0 Å². The summed E-state index contributed by atoms with van der Waals surface area (Å²) >= 11 is 1.49. The first-order valence-electron chi connectivity index (χ1n) is 5.03. The van der Waals surface area contributed by atoms with E-state index in [1.54, 1.807) is 12.3 Å². The predicted molar refractivity (Wildman–Crippen MR) is 63.0 cm³/mol. The molecule has 1 aromatic heterocycles. The number of thiazole rings is 1. The second kappa shape index (κ2) is 4.72. The van der Waals surface area contributed by atoms with Crippen LogP contribution in [0.2, 0.25) is 0 Å². The van der Waals surface area contributed by atoms with Crippen LogP contribution in [0.5, 0.6) is 0 Å². The monoisotopic (exact) mass is 237 g/mol. The number of rotatable bonds is 3. The molecule has 0 fully saturated rings. The fourth-order valence-electron chi connectivity index (χ4n) is 1.36. The lowest BCUT2D eigenvalue weighted by Gasteiger charge is -2.01. The minimum atomic E-state index is -0.260. The van der Waals surface area contributed by atoms with Crippen molar-refractivity contribution in [1.82, 2.24) is 4.98 Å². The first-order valence-corrected chi connectivity index (χ1v) is 5.85. The Labute approximate surface area is 97.4 Å². The van der Waals surface area contributed by atoms with Crippen molar-refractivity contribution in [3.05, 3.63) is 41.2 Å². The largest absolute Gasteiger partial charge is 0.396 e. The minimum Gasteiger partial charge on any atom is -0.396 e. The van der Waals surface area contributed by atoms with Crippen LogP contribution in [0.3, 0.4) is 0 Å². The van der Waals surface area contributed by atoms with E-state index < -0.39 is 0 Å². The summed E-state index contributed by atoms with van der Waals surface area (Å²) in [4.78, 5) is 5.25. The lowest BCUT2D eigenvalue weighted by molar-refractivity contribution is 0.274. The summed E-state index contributed by atoms with van der Waals surface area (Å²) in [5.74, 6) is -0.177. The van der Waals surface area contributed by atoms with Crippen LogP contribution >= 0.6 is 11.3 Å². The molecule has 1 N–H and O–H groups in total. The van der Waals surface area contributed by atoms with E-state index in [1.165, 1.54) is 23.5 Å². The van der Waals surface area contributed by atoms with Crippen LogP contribution in [0.1, 0.15) is 17.7 Å². The number of hydrogen-bond donors (Lipinski definition) is 1. The highest BCUT2D eigenvalue weighted by atomic mass is 32.1. The van der Waals surface area contributed by atoms with E-state index in [-0.39, 0.29) is 18.3 Å². The van der Waals surface area contributed by atoms with Crippen molar-refractivity contribution in [3.63, 3.8) is 0 Å². The van der Waals surface area contributed by atoms with Crippen molar-refractivity contribution in [2.75, 3.05) is 6.61 Å². The third-order valence-electron chi connectivity index (χ3n) is 2.35. The summed E-state index contributed by atoms with van der Waals surface area (Å²) < 4.78 is 13.0. The average molecular weight is 237 g/mol. The normalized spacial score (nSPS) is 12.7. The Morgan fingerprint density at radius 1 is 1.50 bits per heavy atom. The molecule has 0 aliphatic carbocycles. The summed E-state index contributed by atoms with van der Waals surface area (Å²) in [6, 6.07) is 6.37. The van der Waals surface area contributed by atoms with E-state index in [9.17, 15) is 4.39 Å². The molecule has 0 spiro atoms. The van der Waals surface area contributed by atoms with Crippen LogP contribution in [-0.2, 0) is 0 Å². The van der Waals surface area contributed by atoms with Crippen molar-refractivity contribution in [2.24, 2.45) is 0 Å². The standard InChI is InChI=1S/C12H12FNOS/c1-8(7-15)11-6-14-12(16-11)9-3-2-4-10(13)5-9/h2-6,8,15H,7H2,1H3. The minimum absolute atomic E-state index is 0.0832. The van der Waals surface area contributed by atoms with Crippen LogP contribution in [0.4, 0.5) is 4.39 Å². The molecule has 0 radical (unpaired) electrons. The van der Waals surface area contributed by atoms with Gasteiger partial charge in [-0.05, 0) is 12.1 Å². The number of aliphatic hydroxyl groups is 1. The summed E-state index contributed by atoms with van der Waals surface area (Å²) in [5.41, 5.74) is 0.779. The van der Waals surface area contributed by atoms with Crippen LogP contribution < -0.4 is 0 Å². The molecule has 84 valence electrons. The molecule has 0 saturated carbocycles. The zero-order valence-electron chi connectivity index (χ0n) is 8.85. The second-order valence-corrected chi connectivity index (χ2v) is 4.72. The molecule has 1 unspecified atom stereocenters. The summed E-state index contributed by atoms with van der Waals surface area (Å²) in [6.45, 7) is 2.04. The average Bonchev–Trinajstić information content (AvgIpc) is 2.77. The molecule has 1 aromatic carbocycles. The van der Waals surface area contributed by atoms with Crippen LogP contribution in [-0.4, -0.2) is 16.7 Å². The summed E-state index contributed by atoms with van der Waals surface area (Å²) in [5, 5.41) is 9.82. The maximum atomic E-state index is 13.0. The Morgan fingerprint density at radius 3 is 3.00 bits per heavy atom. The van der Waals surface area contributed by atoms with Gasteiger partial charge in [-0.3, -0.25) is 0 Å². The number of hydrogen-bond acceptors (Lipinski definition) is 3. The van der Waals surface area contributed by atoms with E-state index >= 15 is 0 Å². The van der Waals surface area contributed by atoms with Crippen molar-refractivity contribution < 1.29 is 9.50 Å². The molecule has 4 heteroatoms. The first-order chi connectivity index (χ1) is 7.70. The van der Waals surface area contributed by atoms with Crippen molar-refractivity contribution in [3.8, 4) is 10.6 Å². The number of aliphatic hydroxyl groups excluding tert-OH is 1. The fraction of sp³-hybridized carbons (Fsp3) is 0.250. The van der Waals surface area contributed by atoms with Gasteiger partial charge in [0.15, 0.2) is 0 Å². The Hall–Kier alpha value is -1.26. The van der Waals surface area contributed by atoms with E-state index in [0.29, 0.717) is 0 Å². The van der Waals surface area contributed by atoms with Gasteiger partial charge in [-0.25, -0.2) is 9.37 Å². The van der Waals surface area contributed by atoms with Gasteiger partial charge >= 0.3 is 0 Å². The molecular formula is C12H12FNOS. The third kappa shape index (κ3) is 2.28. The quantitative estimate of drug-likeness (QED) is 0.890. The lowest BCUT2D eigenvalue weighted by atomic mass is 10.2. The van der Waals surface area contributed by atoms with Gasteiger partial charge in [-0.2, -0.15) is 0 Å². The molecule has 2 aromatic rings. The smallest absolute Gasteiger partial charge is 0.123 e. The van der Waals surface area contributed by atoms with Crippen LogP contribution in [0.15, 0.2) is 30.5 Å². The van der Waals surface area contributed by atoms with Crippen molar-refractivity contribution in [1.29, 1.82) is 0 Å². The maximum Gasteiger partial charge on any atom is 0.123 e. The Bertz CT molecular complexity index is 483.